The second kappa shape index (κ2) is 7.55. The second-order valence-corrected chi connectivity index (χ2v) is 5.14. The number of hydrogen-bond acceptors (Lipinski definition) is 3. The summed E-state index contributed by atoms with van der Waals surface area (Å²) in [6.07, 6.45) is 0. The van der Waals surface area contributed by atoms with E-state index in [1.807, 2.05) is 13.0 Å². The van der Waals surface area contributed by atoms with Gasteiger partial charge in [0.1, 0.15) is 6.61 Å². The maximum Gasteiger partial charge on any atom is 0.167 e. The van der Waals surface area contributed by atoms with Gasteiger partial charge in [-0.2, -0.15) is 0 Å². The molecule has 0 aliphatic rings. The van der Waals surface area contributed by atoms with Crippen molar-refractivity contribution in [2.24, 2.45) is 0 Å². The highest BCUT2D eigenvalue weighted by atomic mass is 35.5. The molecule has 21 heavy (non-hydrogen) atoms. The summed E-state index contributed by atoms with van der Waals surface area (Å²) in [5.41, 5.74) is 1.36. The lowest BCUT2D eigenvalue weighted by molar-refractivity contribution is 0.243. The molecule has 2 aromatic carbocycles. The summed E-state index contributed by atoms with van der Waals surface area (Å²) in [4.78, 5) is 0. The van der Waals surface area contributed by atoms with Crippen molar-refractivity contribution >= 4 is 23.2 Å². The molecule has 0 atom stereocenters. The topological polar surface area (TPSA) is 38.7 Å². The van der Waals surface area contributed by atoms with Gasteiger partial charge in [0.05, 0.1) is 13.2 Å². The molecule has 0 amide bonds. The van der Waals surface area contributed by atoms with Crippen LogP contribution in [0.2, 0.25) is 10.0 Å². The molecule has 112 valence electrons. The average molecular weight is 327 g/mol. The Bertz CT molecular complexity index is 594. The third kappa shape index (κ3) is 3.82. The molecule has 0 fully saturated rings. The minimum Gasteiger partial charge on any atom is -0.490 e. The first-order valence-corrected chi connectivity index (χ1v) is 7.34. The number of ether oxygens (including phenoxy) is 2. The molecule has 0 spiro atoms. The van der Waals surface area contributed by atoms with Crippen molar-refractivity contribution in [2.75, 3.05) is 6.61 Å². The Hall–Kier alpha value is -1.42. The van der Waals surface area contributed by atoms with Gasteiger partial charge in [0.2, 0.25) is 0 Å². The summed E-state index contributed by atoms with van der Waals surface area (Å²) in [7, 11) is 0. The predicted octanol–water partition coefficient (Wildman–Crippen LogP) is 4.46. The Morgan fingerprint density at radius 3 is 2.29 bits per heavy atom. The number of para-hydroxylation sites is 1. The highest BCUT2D eigenvalue weighted by Crippen LogP contribution is 2.33. The molecule has 2 aromatic rings. The van der Waals surface area contributed by atoms with Crippen LogP contribution in [0.4, 0.5) is 0 Å². The smallest absolute Gasteiger partial charge is 0.167 e. The molecule has 3 nitrogen and oxygen atoms in total. The maximum absolute atomic E-state index is 9.43. The fourth-order valence-corrected chi connectivity index (χ4v) is 2.44. The van der Waals surface area contributed by atoms with Gasteiger partial charge in [-0.15, -0.1) is 0 Å². The number of benzene rings is 2. The van der Waals surface area contributed by atoms with Crippen LogP contribution >= 0.6 is 23.2 Å². The van der Waals surface area contributed by atoms with Crippen molar-refractivity contribution in [2.45, 2.75) is 20.1 Å². The summed E-state index contributed by atoms with van der Waals surface area (Å²) in [6, 6.07) is 10.7. The Morgan fingerprint density at radius 2 is 1.67 bits per heavy atom. The maximum atomic E-state index is 9.43. The van der Waals surface area contributed by atoms with Crippen molar-refractivity contribution in [3.8, 4) is 11.5 Å². The number of hydrogen-bond donors (Lipinski definition) is 1. The normalized spacial score (nSPS) is 10.5. The summed E-state index contributed by atoms with van der Waals surface area (Å²) in [5.74, 6) is 1.10. The molecule has 1 N–H and O–H groups in total. The van der Waals surface area contributed by atoms with Crippen molar-refractivity contribution < 1.29 is 14.6 Å². The zero-order chi connectivity index (χ0) is 15.2. The summed E-state index contributed by atoms with van der Waals surface area (Å²) >= 11 is 12.3. The fraction of sp³-hybridized carbons (Fsp3) is 0.250. The Morgan fingerprint density at radius 1 is 1.00 bits per heavy atom. The number of aliphatic hydroxyl groups is 1. The van der Waals surface area contributed by atoms with Crippen LogP contribution in [-0.2, 0) is 13.2 Å². The molecular weight excluding hydrogens is 311 g/mol. The molecule has 0 saturated heterocycles. The molecule has 0 aliphatic heterocycles. The Kier molecular flexibility index (Phi) is 5.74. The molecule has 0 unspecified atom stereocenters. The highest BCUT2D eigenvalue weighted by Gasteiger charge is 2.13. The van der Waals surface area contributed by atoms with E-state index in [4.69, 9.17) is 32.7 Å². The minimum absolute atomic E-state index is 0.132. The van der Waals surface area contributed by atoms with E-state index in [1.165, 1.54) is 0 Å². The van der Waals surface area contributed by atoms with Crippen molar-refractivity contribution in [3.05, 3.63) is 57.6 Å². The molecule has 0 bridgehead atoms. The van der Waals surface area contributed by atoms with Gasteiger partial charge in [-0.1, -0.05) is 41.4 Å². The van der Waals surface area contributed by atoms with Gasteiger partial charge in [-0.05, 0) is 25.1 Å². The first-order valence-electron chi connectivity index (χ1n) is 6.58. The van der Waals surface area contributed by atoms with Crippen LogP contribution in [0, 0.1) is 0 Å². The van der Waals surface area contributed by atoms with E-state index in [9.17, 15) is 5.11 Å². The number of halogens is 2. The lowest BCUT2D eigenvalue weighted by Crippen LogP contribution is -2.03. The van der Waals surface area contributed by atoms with E-state index < -0.39 is 0 Å². The molecule has 0 radical (unpaired) electrons. The quantitative estimate of drug-likeness (QED) is 0.851. The monoisotopic (exact) mass is 326 g/mol. The number of rotatable bonds is 6. The molecule has 0 aliphatic carbocycles. The zero-order valence-corrected chi connectivity index (χ0v) is 13.1. The van der Waals surface area contributed by atoms with Gasteiger partial charge >= 0.3 is 0 Å². The number of aliphatic hydroxyl groups excluding tert-OH is 1. The molecule has 5 heteroatoms. The molecule has 0 saturated carbocycles. The van der Waals surface area contributed by atoms with Gasteiger partial charge in [-0.3, -0.25) is 0 Å². The van der Waals surface area contributed by atoms with Crippen LogP contribution in [0.15, 0.2) is 36.4 Å². The second-order valence-electron chi connectivity index (χ2n) is 4.32. The van der Waals surface area contributed by atoms with Crippen LogP contribution < -0.4 is 9.47 Å². The fourth-order valence-electron chi connectivity index (χ4n) is 1.93. The SMILES string of the molecule is CCOc1cccc(CO)c1OCc1c(Cl)cccc1Cl. The van der Waals surface area contributed by atoms with Crippen LogP contribution in [0.1, 0.15) is 18.1 Å². The zero-order valence-electron chi connectivity index (χ0n) is 11.6. The average Bonchev–Trinajstić information content (AvgIpc) is 2.48. The van der Waals surface area contributed by atoms with E-state index in [0.29, 0.717) is 39.3 Å². The predicted molar refractivity (Wildman–Crippen MR) is 84.3 cm³/mol. The largest absolute Gasteiger partial charge is 0.490 e. The first kappa shape index (κ1) is 16.0. The summed E-state index contributed by atoms with van der Waals surface area (Å²) < 4.78 is 11.3. The van der Waals surface area contributed by atoms with Crippen LogP contribution in [0.3, 0.4) is 0 Å². The standard InChI is InChI=1S/C16H16Cl2O3/c1-2-20-15-8-3-5-11(9-19)16(15)21-10-12-13(17)6-4-7-14(12)18/h3-8,19H,2,9-10H2,1H3. The van der Waals surface area contributed by atoms with E-state index in [2.05, 4.69) is 0 Å². The molecular formula is C16H16Cl2O3. The van der Waals surface area contributed by atoms with Gasteiger partial charge in [0.15, 0.2) is 11.5 Å². The van der Waals surface area contributed by atoms with E-state index in [0.717, 1.165) is 0 Å². The summed E-state index contributed by atoms with van der Waals surface area (Å²) in [5, 5.41) is 10.5. The first-order chi connectivity index (χ1) is 10.2. The summed E-state index contributed by atoms with van der Waals surface area (Å²) in [6.45, 7) is 2.47. The molecule has 2 rings (SSSR count). The van der Waals surface area contributed by atoms with E-state index in [1.54, 1.807) is 30.3 Å². The van der Waals surface area contributed by atoms with E-state index >= 15 is 0 Å². The van der Waals surface area contributed by atoms with Crippen molar-refractivity contribution in [1.82, 2.24) is 0 Å². The third-order valence-corrected chi connectivity index (χ3v) is 3.66. The van der Waals surface area contributed by atoms with Gasteiger partial charge < -0.3 is 14.6 Å². The molecule has 0 heterocycles. The van der Waals surface area contributed by atoms with Gasteiger partial charge in [-0.25, -0.2) is 0 Å². The Balaban J connectivity index is 2.27. The van der Waals surface area contributed by atoms with Gasteiger partial charge in [0.25, 0.3) is 0 Å². The molecule has 0 aromatic heterocycles. The van der Waals surface area contributed by atoms with Crippen molar-refractivity contribution in [1.29, 1.82) is 0 Å². The van der Waals surface area contributed by atoms with E-state index in [-0.39, 0.29) is 13.2 Å². The minimum atomic E-state index is -0.132. The van der Waals surface area contributed by atoms with Gasteiger partial charge in [0, 0.05) is 21.2 Å². The van der Waals surface area contributed by atoms with Crippen LogP contribution in [-0.4, -0.2) is 11.7 Å². The van der Waals surface area contributed by atoms with Crippen LogP contribution in [0.5, 0.6) is 11.5 Å². The highest BCUT2D eigenvalue weighted by molar-refractivity contribution is 6.35. The van der Waals surface area contributed by atoms with Crippen LogP contribution in [0.25, 0.3) is 0 Å². The van der Waals surface area contributed by atoms with Crippen molar-refractivity contribution in [3.63, 3.8) is 0 Å². The lowest BCUT2D eigenvalue weighted by atomic mass is 10.2. The third-order valence-electron chi connectivity index (χ3n) is 2.95. The Labute approximate surface area is 134 Å². The lowest BCUT2D eigenvalue weighted by Gasteiger charge is -2.16.